The van der Waals surface area contributed by atoms with E-state index >= 15 is 0 Å². The van der Waals surface area contributed by atoms with Crippen LogP contribution in [0, 0.1) is 5.92 Å². The summed E-state index contributed by atoms with van der Waals surface area (Å²) in [6, 6.07) is 14.5. The van der Waals surface area contributed by atoms with E-state index in [-0.39, 0.29) is 11.9 Å². The van der Waals surface area contributed by atoms with Crippen LogP contribution in [0.3, 0.4) is 0 Å². The van der Waals surface area contributed by atoms with Crippen molar-refractivity contribution in [2.24, 2.45) is 5.92 Å². The van der Waals surface area contributed by atoms with E-state index in [9.17, 15) is 9.59 Å². The zero-order chi connectivity index (χ0) is 23.6. The highest BCUT2D eigenvalue weighted by atomic mass is 16.2. The Balaban J connectivity index is 1.74. The van der Waals surface area contributed by atoms with E-state index in [1.165, 1.54) is 0 Å². The number of carbonyl (C=O) groups is 2. The number of urea groups is 1. The fraction of sp³-hybridized carbons (Fsp3) is 0.462. The maximum absolute atomic E-state index is 13.2. The van der Waals surface area contributed by atoms with Gasteiger partial charge in [0.15, 0.2) is 0 Å². The predicted octanol–water partition coefficient (Wildman–Crippen LogP) is 4.64. The largest absolute Gasteiger partial charge is 0.371 e. The van der Waals surface area contributed by atoms with Crippen LogP contribution in [0.1, 0.15) is 44.0 Å². The maximum Gasteiger partial charge on any atom is 0.323 e. The molecule has 0 spiro atoms. The fourth-order valence-electron chi connectivity index (χ4n) is 4.10. The molecule has 1 saturated heterocycles. The molecule has 7 nitrogen and oxygen atoms in total. The molecule has 1 heterocycles. The lowest BCUT2D eigenvalue weighted by molar-refractivity contribution is 0.0949. The van der Waals surface area contributed by atoms with Crippen LogP contribution < -0.4 is 20.9 Å². The second-order valence-electron chi connectivity index (χ2n) is 8.63. The van der Waals surface area contributed by atoms with Gasteiger partial charge in [-0.2, -0.15) is 0 Å². The number of hydrogen-bond acceptors (Lipinski definition) is 4. The number of para-hydroxylation sites is 1. The van der Waals surface area contributed by atoms with Gasteiger partial charge < -0.3 is 25.8 Å². The minimum Gasteiger partial charge on any atom is -0.371 e. The topological polar surface area (TPSA) is 76.7 Å². The monoisotopic (exact) mass is 451 g/mol. The van der Waals surface area contributed by atoms with Crippen molar-refractivity contribution >= 4 is 29.0 Å². The molecule has 0 unspecified atom stereocenters. The quantitative estimate of drug-likeness (QED) is 0.519. The first-order chi connectivity index (χ1) is 16.0. The van der Waals surface area contributed by atoms with Gasteiger partial charge in [0, 0.05) is 43.2 Å². The molecule has 0 aromatic heterocycles. The molecule has 3 N–H and O–H groups in total. The summed E-state index contributed by atoms with van der Waals surface area (Å²) >= 11 is 0. The van der Waals surface area contributed by atoms with Crippen LogP contribution in [-0.4, -0.2) is 56.1 Å². The van der Waals surface area contributed by atoms with Crippen molar-refractivity contribution < 1.29 is 9.59 Å². The van der Waals surface area contributed by atoms with E-state index in [1.807, 2.05) is 42.5 Å². The molecular weight excluding hydrogens is 414 g/mol. The third kappa shape index (κ3) is 7.22. The molecule has 0 atom stereocenters. The van der Waals surface area contributed by atoms with Gasteiger partial charge in [-0.3, -0.25) is 4.79 Å². The van der Waals surface area contributed by atoms with Gasteiger partial charge in [0.1, 0.15) is 0 Å². The maximum atomic E-state index is 13.2. The lowest BCUT2D eigenvalue weighted by atomic mass is 9.98. The lowest BCUT2D eigenvalue weighted by Crippen LogP contribution is -2.37. The van der Waals surface area contributed by atoms with Crippen molar-refractivity contribution in [2.75, 3.05) is 54.8 Å². The third-order valence-electron chi connectivity index (χ3n) is 6.26. The minimum atomic E-state index is -0.339. The number of piperidine rings is 1. The summed E-state index contributed by atoms with van der Waals surface area (Å²) < 4.78 is 0. The number of nitrogens with zero attached hydrogens (tertiary/aromatic N) is 2. The van der Waals surface area contributed by atoms with Gasteiger partial charge in [-0.15, -0.1) is 0 Å². The summed E-state index contributed by atoms with van der Waals surface area (Å²) in [7, 11) is 0. The Bertz CT molecular complexity index is 906. The minimum absolute atomic E-state index is 0.108. The Morgan fingerprint density at radius 3 is 2.30 bits per heavy atom. The number of amides is 3. The standard InChI is InChI=1S/C26H37N5O2/c1-4-30(5-2)18-15-27-25(32)23-19-22(29-26(33)28-21-9-7-6-8-10-21)11-12-24(23)31-16-13-20(3)14-17-31/h6-12,19-20H,4-5,13-18H2,1-3H3,(H,27,32)(H2,28,29,33). The number of hydrogen-bond donors (Lipinski definition) is 3. The number of benzene rings is 2. The van der Waals surface area contributed by atoms with E-state index in [2.05, 4.69) is 46.5 Å². The predicted molar refractivity (Wildman–Crippen MR) is 136 cm³/mol. The Morgan fingerprint density at radius 1 is 0.970 bits per heavy atom. The van der Waals surface area contributed by atoms with Crippen LogP contribution in [0.25, 0.3) is 0 Å². The van der Waals surface area contributed by atoms with Gasteiger partial charge in [-0.05, 0) is 62.2 Å². The van der Waals surface area contributed by atoms with Crippen LogP contribution in [0.2, 0.25) is 0 Å². The highest BCUT2D eigenvalue weighted by Crippen LogP contribution is 2.29. The Hall–Kier alpha value is -3.06. The first-order valence-corrected chi connectivity index (χ1v) is 12.0. The first-order valence-electron chi connectivity index (χ1n) is 12.0. The Morgan fingerprint density at radius 2 is 1.64 bits per heavy atom. The van der Waals surface area contributed by atoms with Crippen molar-refractivity contribution in [2.45, 2.75) is 33.6 Å². The summed E-state index contributed by atoms with van der Waals surface area (Å²) in [5.74, 6) is 0.595. The van der Waals surface area contributed by atoms with Crippen molar-refractivity contribution in [1.82, 2.24) is 10.2 Å². The molecule has 7 heteroatoms. The second-order valence-corrected chi connectivity index (χ2v) is 8.63. The SMILES string of the molecule is CCN(CC)CCNC(=O)c1cc(NC(=O)Nc2ccccc2)ccc1N1CCC(C)CC1. The molecule has 33 heavy (non-hydrogen) atoms. The molecule has 1 aliphatic rings. The van der Waals surface area contributed by atoms with Crippen LogP contribution in [0.15, 0.2) is 48.5 Å². The number of anilines is 3. The smallest absolute Gasteiger partial charge is 0.323 e. The summed E-state index contributed by atoms with van der Waals surface area (Å²) in [5, 5.41) is 8.74. The van der Waals surface area contributed by atoms with Crippen molar-refractivity contribution in [3.8, 4) is 0 Å². The molecule has 2 aromatic rings. The Kier molecular flexibility index (Phi) is 9.13. The lowest BCUT2D eigenvalue weighted by Gasteiger charge is -2.33. The molecule has 1 aliphatic heterocycles. The molecule has 178 valence electrons. The van der Waals surface area contributed by atoms with Crippen LogP contribution in [-0.2, 0) is 0 Å². The third-order valence-corrected chi connectivity index (χ3v) is 6.26. The molecule has 3 rings (SSSR count). The van der Waals surface area contributed by atoms with Crippen molar-refractivity contribution in [3.63, 3.8) is 0 Å². The molecule has 0 radical (unpaired) electrons. The summed E-state index contributed by atoms with van der Waals surface area (Å²) in [4.78, 5) is 30.2. The van der Waals surface area contributed by atoms with Crippen molar-refractivity contribution in [3.05, 3.63) is 54.1 Å². The van der Waals surface area contributed by atoms with E-state index in [0.717, 1.165) is 51.3 Å². The molecule has 0 saturated carbocycles. The highest BCUT2D eigenvalue weighted by Gasteiger charge is 2.22. The molecule has 0 aliphatic carbocycles. The zero-order valence-electron chi connectivity index (χ0n) is 20.1. The molecule has 2 aromatic carbocycles. The highest BCUT2D eigenvalue weighted by molar-refractivity contribution is 6.04. The number of rotatable bonds is 9. The van der Waals surface area contributed by atoms with Gasteiger partial charge in [-0.1, -0.05) is 39.0 Å². The molecule has 1 fully saturated rings. The summed E-state index contributed by atoms with van der Waals surface area (Å²) in [6.07, 6.45) is 2.23. The summed E-state index contributed by atoms with van der Waals surface area (Å²) in [5.41, 5.74) is 2.83. The number of carbonyl (C=O) groups excluding carboxylic acids is 2. The van der Waals surface area contributed by atoms with E-state index in [4.69, 9.17) is 0 Å². The average Bonchev–Trinajstić information content (AvgIpc) is 2.83. The van der Waals surface area contributed by atoms with Gasteiger partial charge in [0.2, 0.25) is 0 Å². The number of nitrogens with one attached hydrogen (secondary N) is 3. The van der Waals surface area contributed by atoms with Gasteiger partial charge in [0.25, 0.3) is 5.91 Å². The zero-order valence-corrected chi connectivity index (χ0v) is 20.1. The van der Waals surface area contributed by atoms with Crippen LogP contribution in [0.5, 0.6) is 0 Å². The second kappa shape index (κ2) is 12.3. The van der Waals surface area contributed by atoms with Gasteiger partial charge >= 0.3 is 6.03 Å². The van der Waals surface area contributed by atoms with E-state index in [0.29, 0.717) is 29.4 Å². The average molecular weight is 452 g/mol. The van der Waals surface area contributed by atoms with Gasteiger partial charge in [0.05, 0.1) is 5.56 Å². The Labute approximate surface area is 197 Å². The van der Waals surface area contributed by atoms with Crippen LogP contribution in [0.4, 0.5) is 21.9 Å². The van der Waals surface area contributed by atoms with E-state index < -0.39 is 0 Å². The summed E-state index contributed by atoms with van der Waals surface area (Å²) in [6.45, 7) is 11.7. The molecule has 0 bridgehead atoms. The normalized spacial score (nSPS) is 14.2. The molecule has 3 amide bonds. The van der Waals surface area contributed by atoms with Crippen LogP contribution >= 0.6 is 0 Å². The first kappa shape index (κ1) is 24.6. The molecular formula is C26H37N5O2. The fourth-order valence-corrected chi connectivity index (χ4v) is 4.10. The van der Waals surface area contributed by atoms with E-state index in [1.54, 1.807) is 6.07 Å². The number of likely N-dealkylation sites (N-methyl/N-ethyl adjacent to an activating group) is 1. The van der Waals surface area contributed by atoms with Gasteiger partial charge in [-0.25, -0.2) is 4.79 Å². The van der Waals surface area contributed by atoms with Crippen molar-refractivity contribution in [1.29, 1.82) is 0 Å².